The quantitative estimate of drug-likeness (QED) is 0.858. The Bertz CT molecular complexity index is 666. The van der Waals surface area contributed by atoms with Crippen LogP contribution in [0.1, 0.15) is 12.0 Å². The summed E-state index contributed by atoms with van der Waals surface area (Å²) in [5, 5.41) is 9.56. The summed E-state index contributed by atoms with van der Waals surface area (Å²) in [5.41, 5.74) is 3.16. The topological polar surface area (TPSA) is 54.4 Å². The molecule has 0 atom stereocenters. The highest BCUT2D eigenvalue weighted by atomic mass is 31.2. The molecule has 0 heterocycles. The fourth-order valence-corrected chi connectivity index (χ4v) is 3.00. The van der Waals surface area contributed by atoms with E-state index in [1.807, 2.05) is 48.5 Å². The highest BCUT2D eigenvalue weighted by Gasteiger charge is 2.10. The molecule has 0 aliphatic rings. The summed E-state index contributed by atoms with van der Waals surface area (Å²) in [4.78, 5) is 10.6. The maximum absolute atomic E-state index is 12.0. The van der Waals surface area contributed by atoms with E-state index in [0.717, 1.165) is 22.0 Å². The fourth-order valence-electron chi connectivity index (χ4n) is 2.13. The lowest BCUT2D eigenvalue weighted by atomic mass is 10.0. The lowest BCUT2D eigenvalue weighted by molar-refractivity contribution is -0.136. The van der Waals surface area contributed by atoms with E-state index < -0.39 is 13.1 Å². The Balaban J connectivity index is 2.15. The van der Waals surface area contributed by atoms with Gasteiger partial charge in [0, 0.05) is 11.7 Å². The first-order chi connectivity index (χ1) is 9.86. The zero-order valence-corrected chi connectivity index (χ0v) is 13.1. The van der Waals surface area contributed by atoms with E-state index in [-0.39, 0.29) is 6.42 Å². The third-order valence-electron chi connectivity index (χ3n) is 3.40. The second-order valence-corrected chi connectivity index (χ2v) is 8.71. The zero-order chi connectivity index (χ0) is 15.5. The maximum Gasteiger partial charge on any atom is 0.303 e. The van der Waals surface area contributed by atoms with Crippen LogP contribution in [0.25, 0.3) is 11.1 Å². The second kappa shape index (κ2) is 6.28. The predicted octanol–water partition coefficient (Wildman–Crippen LogP) is 3.62. The van der Waals surface area contributed by atoms with E-state index in [9.17, 15) is 9.36 Å². The number of rotatable bonds is 5. The molecule has 0 aromatic heterocycles. The average Bonchev–Trinajstić information content (AvgIpc) is 2.45. The summed E-state index contributed by atoms with van der Waals surface area (Å²) < 4.78 is 12.0. The van der Waals surface area contributed by atoms with Crippen molar-refractivity contribution in [1.82, 2.24) is 0 Å². The lowest BCUT2D eigenvalue weighted by Gasteiger charge is -2.08. The lowest BCUT2D eigenvalue weighted by Crippen LogP contribution is -2.01. The second-order valence-electron chi connectivity index (χ2n) is 5.49. The molecule has 0 fully saturated rings. The van der Waals surface area contributed by atoms with E-state index in [0.29, 0.717) is 6.42 Å². The van der Waals surface area contributed by atoms with Gasteiger partial charge in [-0.05, 0) is 36.4 Å². The van der Waals surface area contributed by atoms with Crippen molar-refractivity contribution in [2.24, 2.45) is 0 Å². The standard InChI is InChI=1S/C17H19O3P/c1-21(2,20)16-10-8-15(9-11-16)14-6-3-13(4-7-14)5-12-17(18)19/h3-4,6-11H,5,12H2,1-2H3,(H,18,19). The molecule has 0 amide bonds. The number of benzene rings is 2. The molecule has 0 spiro atoms. The molecule has 4 heteroatoms. The van der Waals surface area contributed by atoms with Crippen LogP contribution in [0.2, 0.25) is 0 Å². The van der Waals surface area contributed by atoms with Gasteiger partial charge in [-0.15, -0.1) is 0 Å². The van der Waals surface area contributed by atoms with Crippen molar-refractivity contribution in [1.29, 1.82) is 0 Å². The normalized spacial score (nSPS) is 11.3. The highest BCUT2D eigenvalue weighted by molar-refractivity contribution is 7.70. The Morgan fingerprint density at radius 3 is 1.86 bits per heavy atom. The number of carbonyl (C=O) groups is 1. The van der Waals surface area contributed by atoms with Gasteiger partial charge in [0.25, 0.3) is 0 Å². The summed E-state index contributed by atoms with van der Waals surface area (Å²) in [7, 11) is -2.21. The number of hydrogen-bond donors (Lipinski definition) is 1. The molecule has 2 aromatic carbocycles. The van der Waals surface area contributed by atoms with Crippen molar-refractivity contribution in [3.63, 3.8) is 0 Å². The first kappa shape index (κ1) is 15.5. The summed E-state index contributed by atoms with van der Waals surface area (Å²) in [6.07, 6.45) is 0.694. The van der Waals surface area contributed by atoms with Crippen molar-refractivity contribution in [2.45, 2.75) is 12.8 Å². The monoisotopic (exact) mass is 302 g/mol. The summed E-state index contributed by atoms with van der Waals surface area (Å²) in [6, 6.07) is 15.7. The molecule has 0 saturated heterocycles. The van der Waals surface area contributed by atoms with Gasteiger partial charge in [0.2, 0.25) is 0 Å². The molecule has 0 radical (unpaired) electrons. The fraction of sp³-hybridized carbons (Fsp3) is 0.235. The van der Waals surface area contributed by atoms with Crippen LogP contribution >= 0.6 is 7.14 Å². The minimum absolute atomic E-state index is 0.149. The molecular weight excluding hydrogens is 283 g/mol. The largest absolute Gasteiger partial charge is 0.481 e. The Kier molecular flexibility index (Phi) is 4.64. The SMILES string of the molecule is CP(C)(=O)c1ccc(-c2ccc(CCC(=O)O)cc2)cc1. The van der Waals surface area contributed by atoms with E-state index in [1.54, 1.807) is 13.3 Å². The van der Waals surface area contributed by atoms with Crippen molar-refractivity contribution < 1.29 is 14.5 Å². The molecule has 3 nitrogen and oxygen atoms in total. The van der Waals surface area contributed by atoms with Crippen LogP contribution in [0.4, 0.5) is 0 Å². The molecule has 110 valence electrons. The van der Waals surface area contributed by atoms with Crippen LogP contribution in [0.3, 0.4) is 0 Å². The number of hydrogen-bond acceptors (Lipinski definition) is 2. The van der Waals surface area contributed by atoms with Gasteiger partial charge in [0.15, 0.2) is 0 Å². The third-order valence-corrected chi connectivity index (χ3v) is 4.95. The Morgan fingerprint density at radius 2 is 1.43 bits per heavy atom. The molecule has 1 N–H and O–H groups in total. The van der Waals surface area contributed by atoms with Crippen LogP contribution in [0.15, 0.2) is 48.5 Å². The Labute approximate surface area is 125 Å². The maximum atomic E-state index is 12.0. The predicted molar refractivity (Wildman–Crippen MR) is 86.9 cm³/mol. The van der Waals surface area contributed by atoms with Gasteiger partial charge in [0.05, 0.1) is 0 Å². The van der Waals surface area contributed by atoms with Crippen molar-refractivity contribution in [2.75, 3.05) is 13.3 Å². The highest BCUT2D eigenvalue weighted by Crippen LogP contribution is 2.35. The molecular formula is C17H19O3P. The Morgan fingerprint density at radius 1 is 0.952 bits per heavy atom. The van der Waals surface area contributed by atoms with Gasteiger partial charge in [-0.25, -0.2) is 0 Å². The van der Waals surface area contributed by atoms with Crippen LogP contribution in [-0.4, -0.2) is 24.4 Å². The van der Waals surface area contributed by atoms with E-state index >= 15 is 0 Å². The van der Waals surface area contributed by atoms with Gasteiger partial charge in [-0.3, -0.25) is 4.79 Å². The van der Waals surface area contributed by atoms with E-state index in [2.05, 4.69) is 0 Å². The number of carboxylic acids is 1. The minimum Gasteiger partial charge on any atom is -0.481 e. The third kappa shape index (κ3) is 4.30. The van der Waals surface area contributed by atoms with Gasteiger partial charge in [-0.2, -0.15) is 0 Å². The molecule has 2 rings (SSSR count). The van der Waals surface area contributed by atoms with Gasteiger partial charge in [0.1, 0.15) is 7.14 Å². The first-order valence-electron chi connectivity index (χ1n) is 6.83. The van der Waals surface area contributed by atoms with Gasteiger partial charge < -0.3 is 9.67 Å². The summed E-state index contributed by atoms with van der Waals surface area (Å²) in [6.45, 7) is 3.53. The molecule has 0 aliphatic heterocycles. The molecule has 0 aliphatic carbocycles. The number of carboxylic acid groups (broad SMARTS) is 1. The number of aryl methyl sites for hydroxylation is 1. The Hall–Kier alpha value is -1.86. The first-order valence-corrected chi connectivity index (χ1v) is 9.43. The van der Waals surface area contributed by atoms with Crippen molar-refractivity contribution >= 4 is 18.4 Å². The van der Waals surface area contributed by atoms with Crippen LogP contribution < -0.4 is 5.30 Å². The van der Waals surface area contributed by atoms with Crippen LogP contribution in [0.5, 0.6) is 0 Å². The molecule has 0 bridgehead atoms. The summed E-state index contributed by atoms with van der Waals surface area (Å²) >= 11 is 0. The van der Waals surface area contributed by atoms with Crippen molar-refractivity contribution in [3.05, 3.63) is 54.1 Å². The van der Waals surface area contributed by atoms with E-state index in [4.69, 9.17) is 5.11 Å². The number of aliphatic carboxylic acids is 1. The molecule has 21 heavy (non-hydrogen) atoms. The smallest absolute Gasteiger partial charge is 0.303 e. The molecule has 0 unspecified atom stereocenters. The average molecular weight is 302 g/mol. The van der Waals surface area contributed by atoms with Crippen LogP contribution in [0, 0.1) is 0 Å². The van der Waals surface area contributed by atoms with Crippen molar-refractivity contribution in [3.8, 4) is 11.1 Å². The van der Waals surface area contributed by atoms with E-state index in [1.165, 1.54) is 0 Å². The van der Waals surface area contributed by atoms with Gasteiger partial charge in [-0.1, -0.05) is 48.5 Å². The molecule has 0 saturated carbocycles. The van der Waals surface area contributed by atoms with Crippen LogP contribution in [-0.2, 0) is 15.8 Å². The molecule has 2 aromatic rings. The summed E-state index contributed by atoms with van der Waals surface area (Å²) in [5.74, 6) is -0.779. The zero-order valence-electron chi connectivity index (χ0n) is 12.2. The van der Waals surface area contributed by atoms with Gasteiger partial charge >= 0.3 is 5.97 Å². The minimum atomic E-state index is -2.21.